The monoisotopic (exact) mass is 233 g/mol. The van der Waals surface area contributed by atoms with Gasteiger partial charge in [-0.2, -0.15) is 5.10 Å². The van der Waals surface area contributed by atoms with Crippen molar-refractivity contribution >= 4 is 17.3 Å². The molecule has 1 aromatic carbocycles. The van der Waals surface area contributed by atoms with E-state index in [9.17, 15) is 9.59 Å². The first-order valence-corrected chi connectivity index (χ1v) is 5.02. The van der Waals surface area contributed by atoms with Gasteiger partial charge >= 0.3 is 0 Å². The van der Waals surface area contributed by atoms with Gasteiger partial charge in [0.15, 0.2) is 11.6 Å². The smallest absolute Gasteiger partial charge is 0.187 e. The Morgan fingerprint density at radius 3 is 2.53 bits per heavy atom. The Morgan fingerprint density at radius 1 is 1.29 bits per heavy atom. The van der Waals surface area contributed by atoms with Crippen molar-refractivity contribution in [2.24, 2.45) is 5.10 Å². The standard InChI is InChI=1S/C11H11N3O3/c1-6(15)9-10(13-14-12-9)11(17)7-2-4-8(16)5-3-7/h2-5,10,13-14,16H,1H3. The molecule has 1 aliphatic rings. The van der Waals surface area contributed by atoms with Gasteiger partial charge < -0.3 is 5.11 Å². The van der Waals surface area contributed by atoms with Gasteiger partial charge in [0.2, 0.25) is 0 Å². The van der Waals surface area contributed by atoms with Crippen LogP contribution in [0.25, 0.3) is 0 Å². The van der Waals surface area contributed by atoms with Gasteiger partial charge in [-0.05, 0) is 24.3 Å². The van der Waals surface area contributed by atoms with Crippen LogP contribution in [0.2, 0.25) is 0 Å². The third kappa shape index (κ3) is 2.16. The molecule has 0 radical (unpaired) electrons. The van der Waals surface area contributed by atoms with E-state index in [1.54, 1.807) is 0 Å². The van der Waals surface area contributed by atoms with E-state index in [-0.39, 0.29) is 23.0 Å². The van der Waals surface area contributed by atoms with Crippen LogP contribution in [0.3, 0.4) is 0 Å². The minimum Gasteiger partial charge on any atom is -0.508 e. The normalized spacial score (nSPS) is 18.4. The Labute approximate surface area is 97.3 Å². The van der Waals surface area contributed by atoms with E-state index < -0.39 is 6.04 Å². The molecule has 1 heterocycles. The summed E-state index contributed by atoms with van der Waals surface area (Å²) in [6, 6.07) is 5.04. The Kier molecular flexibility index (Phi) is 2.88. The van der Waals surface area contributed by atoms with E-state index in [4.69, 9.17) is 5.11 Å². The molecule has 17 heavy (non-hydrogen) atoms. The molecular weight excluding hydrogens is 222 g/mol. The number of hydrogen-bond acceptors (Lipinski definition) is 6. The number of phenols is 1. The Morgan fingerprint density at radius 2 is 1.94 bits per heavy atom. The van der Waals surface area contributed by atoms with Crippen molar-refractivity contribution < 1.29 is 14.7 Å². The Bertz CT molecular complexity index is 493. The fraction of sp³-hybridized carbons (Fsp3) is 0.182. The summed E-state index contributed by atoms with van der Waals surface area (Å²) in [7, 11) is 0. The lowest BCUT2D eigenvalue weighted by Gasteiger charge is -2.09. The number of aromatic hydroxyl groups is 1. The lowest BCUT2D eigenvalue weighted by Crippen LogP contribution is -2.43. The van der Waals surface area contributed by atoms with Gasteiger partial charge in [0, 0.05) is 12.5 Å². The van der Waals surface area contributed by atoms with Crippen molar-refractivity contribution in [3.05, 3.63) is 29.8 Å². The average molecular weight is 233 g/mol. The molecule has 0 aromatic heterocycles. The number of phenolic OH excluding ortho intramolecular Hbond substituents is 1. The maximum absolute atomic E-state index is 12.1. The van der Waals surface area contributed by atoms with Crippen molar-refractivity contribution in [1.29, 1.82) is 0 Å². The van der Waals surface area contributed by atoms with Gasteiger partial charge in [-0.25, -0.2) is 11.0 Å². The molecule has 6 heteroatoms. The van der Waals surface area contributed by atoms with Crippen LogP contribution in [0.5, 0.6) is 5.75 Å². The summed E-state index contributed by atoms with van der Waals surface area (Å²) in [5, 5.41) is 12.8. The van der Waals surface area contributed by atoms with E-state index in [1.807, 2.05) is 0 Å². The molecule has 0 spiro atoms. The van der Waals surface area contributed by atoms with Gasteiger partial charge in [0.05, 0.1) is 0 Å². The van der Waals surface area contributed by atoms with Crippen LogP contribution in [-0.2, 0) is 4.79 Å². The van der Waals surface area contributed by atoms with E-state index in [0.29, 0.717) is 5.56 Å². The number of carbonyl (C=O) groups is 2. The number of nitrogens with one attached hydrogen (secondary N) is 2. The van der Waals surface area contributed by atoms with Crippen LogP contribution in [0.1, 0.15) is 17.3 Å². The average Bonchev–Trinajstić information content (AvgIpc) is 2.78. The molecule has 0 saturated carbocycles. The summed E-state index contributed by atoms with van der Waals surface area (Å²) in [5.74, 6) is -0.455. The largest absolute Gasteiger partial charge is 0.508 e. The van der Waals surface area contributed by atoms with Crippen LogP contribution < -0.4 is 11.0 Å². The summed E-state index contributed by atoms with van der Waals surface area (Å²) in [6.07, 6.45) is 0. The molecule has 6 nitrogen and oxygen atoms in total. The molecule has 1 unspecified atom stereocenters. The minimum atomic E-state index is -0.781. The number of nitrogens with zero attached hydrogens (tertiary/aromatic N) is 1. The molecular formula is C11H11N3O3. The van der Waals surface area contributed by atoms with Gasteiger partial charge in [0.1, 0.15) is 17.5 Å². The molecule has 1 aliphatic heterocycles. The Balaban J connectivity index is 2.24. The molecule has 1 atom stereocenters. The molecule has 0 aliphatic carbocycles. The number of hydrogen-bond donors (Lipinski definition) is 3. The van der Waals surface area contributed by atoms with E-state index >= 15 is 0 Å². The predicted octanol–water partition coefficient (Wildman–Crippen LogP) is -0.00370. The highest BCUT2D eigenvalue weighted by Crippen LogP contribution is 2.13. The fourth-order valence-corrected chi connectivity index (χ4v) is 1.55. The number of benzene rings is 1. The number of rotatable bonds is 3. The summed E-state index contributed by atoms with van der Waals surface area (Å²) in [6.45, 7) is 1.35. The molecule has 3 N–H and O–H groups in total. The predicted molar refractivity (Wildman–Crippen MR) is 60.6 cm³/mol. The molecule has 0 saturated heterocycles. The van der Waals surface area contributed by atoms with E-state index in [2.05, 4.69) is 16.1 Å². The van der Waals surface area contributed by atoms with Gasteiger partial charge in [-0.3, -0.25) is 9.59 Å². The SMILES string of the molecule is CC(=O)C1=NNNC1C(=O)c1ccc(O)cc1. The molecule has 88 valence electrons. The zero-order chi connectivity index (χ0) is 12.4. The molecule has 0 fully saturated rings. The van der Waals surface area contributed by atoms with Crippen LogP contribution in [0.4, 0.5) is 0 Å². The lowest BCUT2D eigenvalue weighted by molar-refractivity contribution is -0.111. The number of Topliss-reactive ketones (excluding diaryl/α,β-unsaturated/α-hetero) is 2. The van der Waals surface area contributed by atoms with Crippen molar-refractivity contribution in [1.82, 2.24) is 11.0 Å². The molecule has 1 aromatic rings. The van der Waals surface area contributed by atoms with E-state index in [0.717, 1.165) is 0 Å². The Hall–Kier alpha value is -2.21. The second kappa shape index (κ2) is 4.34. The zero-order valence-electron chi connectivity index (χ0n) is 9.10. The fourth-order valence-electron chi connectivity index (χ4n) is 1.55. The van der Waals surface area contributed by atoms with Gasteiger partial charge in [-0.15, -0.1) is 0 Å². The van der Waals surface area contributed by atoms with Crippen LogP contribution in [-0.4, -0.2) is 28.4 Å². The highest BCUT2D eigenvalue weighted by Gasteiger charge is 2.31. The number of carbonyl (C=O) groups excluding carboxylic acids is 2. The highest BCUT2D eigenvalue weighted by atomic mass is 16.3. The minimum absolute atomic E-state index is 0.0829. The quantitative estimate of drug-likeness (QED) is 0.639. The van der Waals surface area contributed by atoms with Crippen molar-refractivity contribution in [3.63, 3.8) is 0 Å². The third-order valence-corrected chi connectivity index (χ3v) is 2.43. The second-order valence-electron chi connectivity index (χ2n) is 3.65. The second-order valence-corrected chi connectivity index (χ2v) is 3.65. The van der Waals surface area contributed by atoms with Crippen LogP contribution in [0.15, 0.2) is 29.4 Å². The molecule has 0 bridgehead atoms. The first-order chi connectivity index (χ1) is 8.09. The van der Waals surface area contributed by atoms with Gasteiger partial charge in [-0.1, -0.05) is 0 Å². The third-order valence-electron chi connectivity index (χ3n) is 2.43. The maximum atomic E-state index is 12.1. The summed E-state index contributed by atoms with van der Waals surface area (Å²) in [4.78, 5) is 23.3. The number of ketones is 2. The van der Waals surface area contributed by atoms with Crippen molar-refractivity contribution in [2.75, 3.05) is 0 Å². The highest BCUT2D eigenvalue weighted by molar-refractivity contribution is 6.46. The number of hydrazone groups is 1. The first kappa shape index (κ1) is 11.3. The zero-order valence-corrected chi connectivity index (χ0v) is 9.10. The topological polar surface area (TPSA) is 90.8 Å². The van der Waals surface area contributed by atoms with Crippen molar-refractivity contribution in [3.8, 4) is 5.75 Å². The molecule has 2 rings (SSSR count). The maximum Gasteiger partial charge on any atom is 0.187 e. The summed E-state index contributed by atoms with van der Waals surface area (Å²) < 4.78 is 0. The first-order valence-electron chi connectivity index (χ1n) is 5.02. The summed E-state index contributed by atoms with van der Waals surface area (Å²) in [5.41, 5.74) is 5.58. The number of hydrazine groups is 1. The van der Waals surface area contributed by atoms with Crippen molar-refractivity contribution in [2.45, 2.75) is 13.0 Å². The summed E-state index contributed by atoms with van der Waals surface area (Å²) >= 11 is 0. The van der Waals surface area contributed by atoms with Crippen LogP contribution >= 0.6 is 0 Å². The van der Waals surface area contributed by atoms with E-state index in [1.165, 1.54) is 31.2 Å². The van der Waals surface area contributed by atoms with Gasteiger partial charge in [0.25, 0.3) is 0 Å². The van der Waals surface area contributed by atoms with Crippen LogP contribution in [0, 0.1) is 0 Å². The lowest BCUT2D eigenvalue weighted by atomic mass is 9.99. The molecule has 0 amide bonds.